The fourth-order valence-corrected chi connectivity index (χ4v) is 4.01. The molecule has 2 aromatic rings. The monoisotopic (exact) mass is 331 g/mol. The van der Waals surface area contributed by atoms with E-state index in [1.807, 2.05) is 0 Å². The number of hydrogen-bond acceptors (Lipinski definition) is 1. The average Bonchev–Trinajstić information content (AvgIpc) is 2.76. The highest BCUT2D eigenvalue weighted by atomic mass is 14.9. The van der Waals surface area contributed by atoms with Crippen LogP contribution in [0.1, 0.15) is 49.9 Å². The summed E-state index contributed by atoms with van der Waals surface area (Å²) in [6, 6.07) is 15.5. The Labute approximate surface area is 152 Å². The molecule has 1 N–H and O–H groups in total. The third-order valence-corrected chi connectivity index (χ3v) is 5.65. The minimum absolute atomic E-state index is 0.502. The van der Waals surface area contributed by atoms with Gasteiger partial charge in [0.15, 0.2) is 0 Å². The molecule has 1 aliphatic rings. The van der Waals surface area contributed by atoms with E-state index in [9.17, 15) is 0 Å². The summed E-state index contributed by atoms with van der Waals surface area (Å²) in [5.74, 6) is 0.502. The summed E-state index contributed by atoms with van der Waals surface area (Å²) in [6.07, 6.45) is 0. The zero-order valence-electron chi connectivity index (χ0n) is 16.3. The second kappa shape index (κ2) is 6.92. The van der Waals surface area contributed by atoms with Gasteiger partial charge in [0.25, 0.3) is 0 Å². The van der Waals surface area contributed by atoms with Gasteiger partial charge >= 0.3 is 0 Å². The first kappa shape index (κ1) is 17.5. The number of allylic oxidation sites excluding steroid dienone is 4. The molecule has 1 atom stereocenters. The van der Waals surface area contributed by atoms with Crippen LogP contribution in [0.25, 0.3) is 5.57 Å². The molecule has 1 aliphatic carbocycles. The van der Waals surface area contributed by atoms with Gasteiger partial charge in [-0.1, -0.05) is 42.8 Å². The lowest BCUT2D eigenvalue weighted by Gasteiger charge is -2.18. The standard InChI is InChI=1S/C24H29N/c1-15-11-16(2)13-22(12-15)25-14-21-9-7-8-10-23(21)24-19(5)17(3)18(4)20(24)6/h7-13,19,25H,14H2,1-6H3. The van der Waals surface area contributed by atoms with E-state index in [0.717, 1.165) is 6.54 Å². The maximum absolute atomic E-state index is 3.62. The third kappa shape index (κ3) is 3.42. The van der Waals surface area contributed by atoms with Gasteiger partial charge in [0, 0.05) is 18.2 Å². The minimum Gasteiger partial charge on any atom is -0.381 e. The molecule has 0 heterocycles. The Morgan fingerprint density at radius 2 is 1.48 bits per heavy atom. The lowest BCUT2D eigenvalue weighted by molar-refractivity contribution is 0.891. The van der Waals surface area contributed by atoms with E-state index in [1.54, 1.807) is 0 Å². The molecule has 1 nitrogen and oxygen atoms in total. The van der Waals surface area contributed by atoms with E-state index in [0.29, 0.717) is 5.92 Å². The smallest absolute Gasteiger partial charge is 0.0406 e. The number of anilines is 1. The molecular formula is C24H29N. The summed E-state index contributed by atoms with van der Waals surface area (Å²) in [5.41, 5.74) is 12.5. The first-order chi connectivity index (χ1) is 11.9. The van der Waals surface area contributed by atoms with Crippen molar-refractivity contribution >= 4 is 11.3 Å². The molecule has 3 rings (SSSR count). The fourth-order valence-electron chi connectivity index (χ4n) is 4.01. The molecule has 0 radical (unpaired) electrons. The SMILES string of the molecule is CC1=C(C)C(C)C(c2ccccc2CNc2cc(C)cc(C)c2)=C1C. The topological polar surface area (TPSA) is 12.0 Å². The third-order valence-electron chi connectivity index (χ3n) is 5.65. The molecule has 0 aromatic heterocycles. The van der Waals surface area contributed by atoms with Crippen molar-refractivity contribution in [2.45, 2.75) is 48.1 Å². The Bertz CT molecular complexity index is 847. The van der Waals surface area contributed by atoms with Gasteiger partial charge in [-0.3, -0.25) is 0 Å². The quantitative estimate of drug-likeness (QED) is 0.659. The van der Waals surface area contributed by atoms with E-state index < -0.39 is 0 Å². The van der Waals surface area contributed by atoms with E-state index in [4.69, 9.17) is 0 Å². The molecule has 0 saturated carbocycles. The van der Waals surface area contributed by atoms with E-state index in [2.05, 4.69) is 89.3 Å². The van der Waals surface area contributed by atoms with E-state index in [1.165, 1.54) is 50.2 Å². The van der Waals surface area contributed by atoms with Crippen molar-refractivity contribution in [3.8, 4) is 0 Å². The van der Waals surface area contributed by atoms with Crippen LogP contribution in [0.3, 0.4) is 0 Å². The highest BCUT2D eigenvalue weighted by Gasteiger charge is 2.25. The number of benzene rings is 2. The lowest BCUT2D eigenvalue weighted by Crippen LogP contribution is -2.06. The van der Waals surface area contributed by atoms with Crippen LogP contribution in [0.15, 0.2) is 59.2 Å². The first-order valence-electron chi connectivity index (χ1n) is 9.17. The van der Waals surface area contributed by atoms with Gasteiger partial charge in [-0.25, -0.2) is 0 Å². The maximum Gasteiger partial charge on any atom is 0.0406 e. The Balaban J connectivity index is 1.90. The molecule has 0 aliphatic heterocycles. The van der Waals surface area contributed by atoms with Crippen LogP contribution < -0.4 is 5.32 Å². The molecular weight excluding hydrogens is 302 g/mol. The van der Waals surface area contributed by atoms with Gasteiger partial charge in [0.2, 0.25) is 0 Å². The van der Waals surface area contributed by atoms with Crippen molar-refractivity contribution in [1.82, 2.24) is 0 Å². The van der Waals surface area contributed by atoms with Gasteiger partial charge in [-0.15, -0.1) is 0 Å². The van der Waals surface area contributed by atoms with Crippen LogP contribution in [-0.4, -0.2) is 0 Å². The second-order valence-electron chi connectivity index (χ2n) is 7.46. The van der Waals surface area contributed by atoms with Crippen LogP contribution >= 0.6 is 0 Å². The van der Waals surface area contributed by atoms with Crippen LogP contribution in [0.4, 0.5) is 5.69 Å². The van der Waals surface area contributed by atoms with E-state index in [-0.39, 0.29) is 0 Å². The molecule has 0 amide bonds. The summed E-state index contributed by atoms with van der Waals surface area (Å²) >= 11 is 0. The molecule has 0 fully saturated rings. The van der Waals surface area contributed by atoms with Crippen molar-refractivity contribution < 1.29 is 0 Å². The summed E-state index contributed by atoms with van der Waals surface area (Å²) < 4.78 is 0. The summed E-state index contributed by atoms with van der Waals surface area (Å²) in [6.45, 7) is 14.3. The second-order valence-corrected chi connectivity index (χ2v) is 7.46. The Morgan fingerprint density at radius 1 is 0.840 bits per heavy atom. The molecule has 1 unspecified atom stereocenters. The van der Waals surface area contributed by atoms with Gasteiger partial charge in [0.05, 0.1) is 0 Å². The van der Waals surface area contributed by atoms with E-state index >= 15 is 0 Å². The largest absolute Gasteiger partial charge is 0.381 e. The van der Waals surface area contributed by atoms with Crippen molar-refractivity contribution in [2.75, 3.05) is 5.32 Å². The van der Waals surface area contributed by atoms with Gasteiger partial charge in [-0.2, -0.15) is 0 Å². The molecule has 25 heavy (non-hydrogen) atoms. The van der Waals surface area contributed by atoms with Crippen LogP contribution in [0.2, 0.25) is 0 Å². The van der Waals surface area contributed by atoms with Crippen molar-refractivity contribution in [3.63, 3.8) is 0 Å². The number of nitrogens with one attached hydrogen (secondary N) is 1. The Morgan fingerprint density at radius 3 is 2.08 bits per heavy atom. The predicted molar refractivity (Wildman–Crippen MR) is 110 cm³/mol. The zero-order valence-corrected chi connectivity index (χ0v) is 16.3. The number of rotatable bonds is 4. The fraction of sp³-hybridized carbons (Fsp3) is 0.333. The summed E-state index contributed by atoms with van der Waals surface area (Å²) in [5, 5.41) is 3.62. The van der Waals surface area contributed by atoms with Gasteiger partial charge in [0.1, 0.15) is 0 Å². The highest BCUT2D eigenvalue weighted by molar-refractivity contribution is 5.81. The molecule has 0 spiro atoms. The first-order valence-corrected chi connectivity index (χ1v) is 9.17. The number of aryl methyl sites for hydroxylation is 2. The summed E-state index contributed by atoms with van der Waals surface area (Å²) in [7, 11) is 0. The predicted octanol–water partition coefficient (Wildman–Crippen LogP) is 6.68. The van der Waals surface area contributed by atoms with Gasteiger partial charge in [-0.05, 0) is 85.7 Å². The zero-order chi connectivity index (χ0) is 18.1. The Hall–Kier alpha value is -2.28. The normalized spacial score (nSPS) is 17.4. The van der Waals surface area contributed by atoms with Crippen molar-refractivity contribution in [2.24, 2.45) is 5.92 Å². The maximum atomic E-state index is 3.62. The molecule has 1 heteroatoms. The molecule has 130 valence electrons. The van der Waals surface area contributed by atoms with Crippen LogP contribution in [0, 0.1) is 19.8 Å². The average molecular weight is 332 g/mol. The Kier molecular flexibility index (Phi) is 4.85. The van der Waals surface area contributed by atoms with Crippen LogP contribution in [0.5, 0.6) is 0 Å². The minimum atomic E-state index is 0.502. The van der Waals surface area contributed by atoms with Crippen LogP contribution in [-0.2, 0) is 6.54 Å². The molecule has 0 bridgehead atoms. The number of hydrogen-bond donors (Lipinski definition) is 1. The van der Waals surface area contributed by atoms with Gasteiger partial charge < -0.3 is 5.32 Å². The molecule has 2 aromatic carbocycles. The summed E-state index contributed by atoms with van der Waals surface area (Å²) in [4.78, 5) is 0. The lowest BCUT2D eigenvalue weighted by atomic mass is 9.89. The molecule has 0 saturated heterocycles. The van der Waals surface area contributed by atoms with Crippen molar-refractivity contribution in [3.05, 3.63) is 81.4 Å². The van der Waals surface area contributed by atoms with Crippen molar-refractivity contribution in [1.29, 1.82) is 0 Å². The highest BCUT2D eigenvalue weighted by Crippen LogP contribution is 2.43.